The highest BCUT2D eigenvalue weighted by Gasteiger charge is 2.29. The summed E-state index contributed by atoms with van der Waals surface area (Å²) in [5.41, 5.74) is 1.98. The molecule has 4 amide bonds. The number of carbonyl (C=O) groups is 3. The number of aliphatic hydroxyl groups is 1. The Kier molecular flexibility index (Phi) is 6.23. The van der Waals surface area contributed by atoms with Crippen molar-refractivity contribution in [3.63, 3.8) is 0 Å². The number of para-hydroxylation sites is 2. The lowest BCUT2D eigenvalue weighted by atomic mass is 10.1. The van der Waals surface area contributed by atoms with Crippen molar-refractivity contribution in [3.05, 3.63) is 60.2 Å². The molecule has 0 fully saturated rings. The standard InChI is InChI=1S/C20H22N4O4/c25-11-10-21-19(27)16(12-14-6-2-1-3-7-14)23-20(28)24-13-18(26)22-15-8-4-5-9-17(15)24/h1-9,16,25H,10-13H2,(H,21,27)(H,22,26)(H,23,28). The average Bonchev–Trinajstić information content (AvgIpc) is 2.71. The van der Waals surface area contributed by atoms with E-state index in [4.69, 9.17) is 5.11 Å². The fraction of sp³-hybridized carbons (Fsp3) is 0.250. The molecule has 8 nitrogen and oxygen atoms in total. The maximum atomic E-state index is 12.9. The Hall–Kier alpha value is -3.39. The van der Waals surface area contributed by atoms with E-state index in [0.29, 0.717) is 11.4 Å². The molecular weight excluding hydrogens is 360 g/mol. The number of urea groups is 1. The number of nitrogens with one attached hydrogen (secondary N) is 3. The van der Waals surface area contributed by atoms with Gasteiger partial charge >= 0.3 is 6.03 Å². The maximum absolute atomic E-state index is 12.9. The third-order valence-corrected chi connectivity index (χ3v) is 4.32. The fourth-order valence-electron chi connectivity index (χ4n) is 3.00. The van der Waals surface area contributed by atoms with Gasteiger partial charge in [0.05, 0.1) is 18.0 Å². The van der Waals surface area contributed by atoms with E-state index in [9.17, 15) is 14.4 Å². The summed E-state index contributed by atoms with van der Waals surface area (Å²) in [6.45, 7) is -0.245. The van der Waals surface area contributed by atoms with Crippen LogP contribution < -0.4 is 20.9 Å². The first-order chi connectivity index (χ1) is 13.6. The van der Waals surface area contributed by atoms with Crippen molar-refractivity contribution in [2.75, 3.05) is 29.9 Å². The van der Waals surface area contributed by atoms with Gasteiger partial charge in [0.15, 0.2) is 0 Å². The van der Waals surface area contributed by atoms with Crippen molar-refractivity contribution < 1.29 is 19.5 Å². The molecule has 1 aliphatic rings. The largest absolute Gasteiger partial charge is 0.395 e. The molecule has 8 heteroatoms. The average molecular weight is 382 g/mol. The molecule has 146 valence electrons. The van der Waals surface area contributed by atoms with Crippen LogP contribution in [-0.4, -0.2) is 48.7 Å². The molecule has 0 saturated heterocycles. The van der Waals surface area contributed by atoms with Gasteiger partial charge in [-0.1, -0.05) is 42.5 Å². The van der Waals surface area contributed by atoms with Crippen LogP contribution in [0.25, 0.3) is 0 Å². The number of aliphatic hydroxyl groups excluding tert-OH is 1. The summed E-state index contributed by atoms with van der Waals surface area (Å²) in [5.74, 6) is -0.709. The van der Waals surface area contributed by atoms with Gasteiger partial charge < -0.3 is 21.1 Å². The van der Waals surface area contributed by atoms with Gasteiger partial charge in [0.1, 0.15) is 12.6 Å². The molecule has 3 rings (SSSR count). The SMILES string of the molecule is O=C1CN(C(=O)NC(Cc2ccccc2)C(=O)NCCO)c2ccccc2N1. The second-order valence-electron chi connectivity index (χ2n) is 6.36. The molecule has 0 saturated carbocycles. The summed E-state index contributed by atoms with van der Waals surface area (Å²) in [6, 6.07) is 14.9. The van der Waals surface area contributed by atoms with Crippen LogP contribution in [0, 0.1) is 0 Å². The Balaban J connectivity index is 1.78. The minimum Gasteiger partial charge on any atom is -0.395 e. The van der Waals surface area contributed by atoms with Crippen LogP contribution >= 0.6 is 0 Å². The van der Waals surface area contributed by atoms with Crippen LogP contribution in [0.15, 0.2) is 54.6 Å². The van der Waals surface area contributed by atoms with Crippen LogP contribution in [-0.2, 0) is 16.0 Å². The van der Waals surface area contributed by atoms with E-state index in [-0.39, 0.29) is 32.0 Å². The summed E-state index contributed by atoms with van der Waals surface area (Å²) < 4.78 is 0. The lowest BCUT2D eigenvalue weighted by molar-refractivity contribution is -0.123. The third-order valence-electron chi connectivity index (χ3n) is 4.32. The monoisotopic (exact) mass is 382 g/mol. The fourth-order valence-corrected chi connectivity index (χ4v) is 3.00. The number of amides is 4. The summed E-state index contributed by atoms with van der Waals surface area (Å²) in [4.78, 5) is 38.7. The molecule has 2 aromatic rings. The summed E-state index contributed by atoms with van der Waals surface area (Å²) >= 11 is 0. The van der Waals surface area contributed by atoms with Crippen LogP contribution in [0.3, 0.4) is 0 Å². The number of benzene rings is 2. The number of rotatable bonds is 6. The van der Waals surface area contributed by atoms with Crippen molar-refractivity contribution in [1.82, 2.24) is 10.6 Å². The number of carbonyl (C=O) groups excluding carboxylic acids is 3. The van der Waals surface area contributed by atoms with Crippen molar-refractivity contribution in [2.24, 2.45) is 0 Å². The van der Waals surface area contributed by atoms with Crippen LogP contribution in [0.5, 0.6) is 0 Å². The highest BCUT2D eigenvalue weighted by molar-refractivity contribution is 6.10. The van der Waals surface area contributed by atoms with Gasteiger partial charge in [-0.25, -0.2) is 4.79 Å². The lowest BCUT2D eigenvalue weighted by Crippen LogP contribution is -2.54. The molecule has 0 aromatic heterocycles. The Morgan fingerprint density at radius 3 is 2.57 bits per heavy atom. The molecule has 28 heavy (non-hydrogen) atoms. The number of hydrogen-bond acceptors (Lipinski definition) is 4. The lowest BCUT2D eigenvalue weighted by Gasteiger charge is -2.30. The zero-order chi connectivity index (χ0) is 19.9. The summed E-state index contributed by atoms with van der Waals surface area (Å²) in [6.07, 6.45) is 0.283. The number of hydrogen-bond donors (Lipinski definition) is 4. The number of fused-ring (bicyclic) bond motifs is 1. The Bertz CT molecular complexity index is 856. The van der Waals surface area contributed by atoms with Gasteiger partial charge in [0.2, 0.25) is 11.8 Å². The van der Waals surface area contributed by atoms with Gasteiger partial charge in [-0.2, -0.15) is 0 Å². The first-order valence-corrected chi connectivity index (χ1v) is 8.98. The summed E-state index contributed by atoms with van der Waals surface area (Å²) in [7, 11) is 0. The predicted molar refractivity (Wildman–Crippen MR) is 105 cm³/mol. The first kappa shape index (κ1) is 19.4. The molecule has 2 aromatic carbocycles. The Morgan fingerprint density at radius 2 is 1.82 bits per heavy atom. The van der Waals surface area contributed by atoms with Gasteiger partial charge in [0.25, 0.3) is 0 Å². The van der Waals surface area contributed by atoms with Gasteiger partial charge in [-0.05, 0) is 17.7 Å². The van der Waals surface area contributed by atoms with Gasteiger partial charge in [0, 0.05) is 13.0 Å². The highest BCUT2D eigenvalue weighted by Crippen LogP contribution is 2.28. The molecule has 1 heterocycles. The van der Waals surface area contributed by atoms with E-state index in [0.717, 1.165) is 5.56 Å². The van der Waals surface area contributed by atoms with Crippen molar-refractivity contribution in [3.8, 4) is 0 Å². The Morgan fingerprint density at radius 1 is 1.11 bits per heavy atom. The van der Waals surface area contributed by atoms with E-state index in [2.05, 4.69) is 16.0 Å². The van der Waals surface area contributed by atoms with Crippen LogP contribution in [0.2, 0.25) is 0 Å². The van der Waals surface area contributed by atoms with Crippen LogP contribution in [0.4, 0.5) is 16.2 Å². The molecule has 0 spiro atoms. The minimum atomic E-state index is -0.849. The Labute approximate surface area is 162 Å². The quantitative estimate of drug-likeness (QED) is 0.594. The first-order valence-electron chi connectivity index (χ1n) is 8.98. The highest BCUT2D eigenvalue weighted by atomic mass is 16.3. The molecule has 1 atom stereocenters. The number of nitrogens with zero attached hydrogens (tertiary/aromatic N) is 1. The van der Waals surface area contributed by atoms with Crippen molar-refractivity contribution in [1.29, 1.82) is 0 Å². The topological polar surface area (TPSA) is 111 Å². The van der Waals surface area contributed by atoms with E-state index in [1.54, 1.807) is 24.3 Å². The molecule has 4 N–H and O–H groups in total. The predicted octanol–water partition coefficient (Wildman–Crippen LogP) is 0.874. The van der Waals surface area contributed by atoms with Crippen LogP contribution in [0.1, 0.15) is 5.56 Å². The van der Waals surface area contributed by atoms with Gasteiger partial charge in [-0.15, -0.1) is 0 Å². The van der Waals surface area contributed by atoms with Gasteiger partial charge in [-0.3, -0.25) is 14.5 Å². The molecule has 1 unspecified atom stereocenters. The molecule has 0 bridgehead atoms. The smallest absolute Gasteiger partial charge is 0.323 e. The van der Waals surface area contributed by atoms with Crippen molar-refractivity contribution in [2.45, 2.75) is 12.5 Å². The molecular formula is C20H22N4O4. The van der Waals surface area contributed by atoms with E-state index in [1.807, 2.05) is 30.3 Å². The zero-order valence-electron chi connectivity index (χ0n) is 15.2. The second-order valence-corrected chi connectivity index (χ2v) is 6.36. The van der Waals surface area contributed by atoms with E-state index < -0.39 is 18.0 Å². The van der Waals surface area contributed by atoms with Crippen molar-refractivity contribution >= 4 is 29.2 Å². The minimum absolute atomic E-state index is 0.0922. The summed E-state index contributed by atoms with van der Waals surface area (Å²) in [5, 5.41) is 17.0. The normalized spacial score (nSPS) is 13.9. The second kappa shape index (κ2) is 9.01. The van der Waals surface area contributed by atoms with E-state index >= 15 is 0 Å². The zero-order valence-corrected chi connectivity index (χ0v) is 15.2. The number of anilines is 2. The molecule has 0 aliphatic carbocycles. The van der Waals surface area contributed by atoms with E-state index in [1.165, 1.54) is 4.90 Å². The third kappa shape index (κ3) is 4.66. The molecule has 0 radical (unpaired) electrons. The molecule has 1 aliphatic heterocycles. The maximum Gasteiger partial charge on any atom is 0.323 e.